The summed E-state index contributed by atoms with van der Waals surface area (Å²) in [6.07, 6.45) is 3.09. The average molecular weight is 263 g/mol. The third-order valence-corrected chi connectivity index (χ3v) is 4.09. The van der Waals surface area contributed by atoms with Crippen LogP contribution in [0.15, 0.2) is 54.9 Å². The number of fused-ring (bicyclic) bond motifs is 2. The van der Waals surface area contributed by atoms with Crippen molar-refractivity contribution < 1.29 is 0 Å². The summed E-state index contributed by atoms with van der Waals surface area (Å²) in [5, 5.41) is 0. The van der Waals surface area contributed by atoms with Crippen molar-refractivity contribution in [3.05, 3.63) is 66.0 Å². The first-order valence-corrected chi connectivity index (χ1v) is 7.09. The van der Waals surface area contributed by atoms with E-state index in [0.717, 1.165) is 31.7 Å². The lowest BCUT2D eigenvalue weighted by molar-refractivity contribution is 0.203. The molecule has 2 heterocycles. The summed E-state index contributed by atoms with van der Waals surface area (Å²) in [6, 6.07) is 17.1. The van der Waals surface area contributed by atoms with Crippen LogP contribution < -0.4 is 0 Å². The van der Waals surface area contributed by atoms with E-state index in [4.69, 9.17) is 0 Å². The van der Waals surface area contributed by atoms with Crippen LogP contribution >= 0.6 is 0 Å². The molecule has 2 aromatic carbocycles. The Labute approximate surface area is 118 Å². The van der Waals surface area contributed by atoms with Crippen LogP contribution in [0.1, 0.15) is 11.1 Å². The predicted molar refractivity (Wildman–Crippen MR) is 80.3 cm³/mol. The molecule has 3 nitrogen and oxygen atoms in total. The Balaban J connectivity index is 1.59. The summed E-state index contributed by atoms with van der Waals surface area (Å²) in [7, 11) is 0. The second-order valence-corrected chi connectivity index (χ2v) is 5.42. The van der Waals surface area contributed by atoms with Crippen molar-refractivity contribution in [3.8, 4) is 0 Å². The van der Waals surface area contributed by atoms with Crippen LogP contribution in [0.25, 0.3) is 11.0 Å². The van der Waals surface area contributed by atoms with E-state index in [1.165, 1.54) is 16.6 Å². The quantitative estimate of drug-likeness (QED) is 0.708. The van der Waals surface area contributed by atoms with Crippen LogP contribution in [0.2, 0.25) is 0 Å². The predicted octanol–water partition coefficient (Wildman–Crippen LogP) is 3.05. The highest BCUT2D eigenvalue weighted by molar-refractivity contribution is 5.74. The normalized spacial score (nSPS) is 15.4. The largest absolute Gasteiger partial charge is 0.317 e. The maximum Gasteiger partial charge on any atom is 0.0969 e. The van der Waals surface area contributed by atoms with Crippen molar-refractivity contribution in [2.24, 2.45) is 0 Å². The van der Waals surface area contributed by atoms with Crippen LogP contribution in [0.4, 0.5) is 0 Å². The van der Waals surface area contributed by atoms with Gasteiger partial charge in [-0.05, 0) is 29.7 Å². The highest BCUT2D eigenvalue weighted by Crippen LogP contribution is 2.20. The molecule has 0 bridgehead atoms. The average Bonchev–Trinajstić information content (AvgIpc) is 2.91. The first-order chi connectivity index (χ1) is 9.90. The molecular weight excluding hydrogens is 246 g/mol. The Hall–Kier alpha value is -2.13. The second-order valence-electron chi connectivity index (χ2n) is 5.42. The molecule has 0 saturated carbocycles. The number of rotatable bonds is 2. The summed E-state index contributed by atoms with van der Waals surface area (Å²) in [6.45, 7) is 3.06. The van der Waals surface area contributed by atoms with E-state index in [-0.39, 0.29) is 0 Å². The second kappa shape index (κ2) is 4.76. The van der Waals surface area contributed by atoms with Crippen LogP contribution in [-0.4, -0.2) is 21.0 Å². The highest BCUT2D eigenvalue weighted by atomic mass is 15.3. The SMILES string of the molecule is c1ccc2c(c1)CCN(Cn1cnc3ccccc31)C2. The minimum Gasteiger partial charge on any atom is -0.317 e. The monoisotopic (exact) mass is 263 g/mol. The molecule has 0 saturated heterocycles. The number of hydrogen-bond donors (Lipinski definition) is 0. The summed E-state index contributed by atoms with van der Waals surface area (Å²) >= 11 is 0. The highest BCUT2D eigenvalue weighted by Gasteiger charge is 2.16. The van der Waals surface area contributed by atoms with E-state index < -0.39 is 0 Å². The molecular formula is C17H17N3. The molecule has 20 heavy (non-hydrogen) atoms. The maximum absolute atomic E-state index is 4.46. The lowest BCUT2D eigenvalue weighted by Gasteiger charge is -2.29. The molecule has 0 amide bonds. The molecule has 1 aromatic heterocycles. The summed E-state index contributed by atoms with van der Waals surface area (Å²) in [4.78, 5) is 6.95. The Morgan fingerprint density at radius 1 is 0.950 bits per heavy atom. The van der Waals surface area contributed by atoms with Crippen LogP contribution in [0.5, 0.6) is 0 Å². The number of benzene rings is 2. The van der Waals surface area contributed by atoms with Gasteiger partial charge in [-0.15, -0.1) is 0 Å². The lowest BCUT2D eigenvalue weighted by atomic mass is 10.0. The molecule has 1 aliphatic heterocycles. The summed E-state index contributed by atoms with van der Waals surface area (Å²) < 4.78 is 2.24. The first-order valence-electron chi connectivity index (χ1n) is 7.09. The van der Waals surface area contributed by atoms with Gasteiger partial charge in [0.05, 0.1) is 24.0 Å². The Morgan fingerprint density at radius 3 is 2.70 bits per heavy atom. The zero-order valence-corrected chi connectivity index (χ0v) is 11.4. The van der Waals surface area contributed by atoms with Crippen LogP contribution in [-0.2, 0) is 19.6 Å². The van der Waals surface area contributed by atoms with Gasteiger partial charge < -0.3 is 4.57 Å². The smallest absolute Gasteiger partial charge is 0.0969 e. The van der Waals surface area contributed by atoms with Gasteiger partial charge in [0.2, 0.25) is 0 Å². The molecule has 4 rings (SSSR count). The molecule has 0 spiro atoms. The number of aromatic nitrogens is 2. The fourth-order valence-electron chi connectivity index (χ4n) is 3.01. The number of para-hydroxylation sites is 2. The van der Waals surface area contributed by atoms with Gasteiger partial charge in [-0.1, -0.05) is 36.4 Å². The van der Waals surface area contributed by atoms with Crippen molar-refractivity contribution in [1.29, 1.82) is 0 Å². The van der Waals surface area contributed by atoms with Gasteiger partial charge in [0.25, 0.3) is 0 Å². The van der Waals surface area contributed by atoms with Crippen LogP contribution in [0.3, 0.4) is 0 Å². The molecule has 0 fully saturated rings. The first kappa shape index (κ1) is 11.7. The fraction of sp³-hybridized carbons (Fsp3) is 0.235. The fourth-order valence-corrected chi connectivity index (χ4v) is 3.01. The van der Waals surface area contributed by atoms with Gasteiger partial charge in [0, 0.05) is 13.1 Å². The van der Waals surface area contributed by atoms with E-state index in [1.54, 1.807) is 0 Å². The summed E-state index contributed by atoms with van der Waals surface area (Å²) in [5.41, 5.74) is 5.25. The molecule has 0 aliphatic carbocycles. The van der Waals surface area contributed by atoms with Crippen molar-refractivity contribution >= 4 is 11.0 Å². The van der Waals surface area contributed by atoms with Gasteiger partial charge in [-0.2, -0.15) is 0 Å². The summed E-state index contributed by atoms with van der Waals surface area (Å²) in [5.74, 6) is 0. The third kappa shape index (κ3) is 2.00. The van der Waals surface area contributed by atoms with Crippen molar-refractivity contribution in [1.82, 2.24) is 14.5 Å². The van der Waals surface area contributed by atoms with E-state index >= 15 is 0 Å². The van der Waals surface area contributed by atoms with Crippen molar-refractivity contribution in [3.63, 3.8) is 0 Å². The molecule has 100 valence electrons. The minimum absolute atomic E-state index is 0.912. The van der Waals surface area contributed by atoms with E-state index in [0.29, 0.717) is 0 Å². The van der Waals surface area contributed by atoms with E-state index in [9.17, 15) is 0 Å². The zero-order chi connectivity index (χ0) is 13.4. The van der Waals surface area contributed by atoms with Crippen molar-refractivity contribution in [2.75, 3.05) is 6.54 Å². The molecule has 0 N–H and O–H groups in total. The van der Waals surface area contributed by atoms with Gasteiger partial charge >= 0.3 is 0 Å². The minimum atomic E-state index is 0.912. The topological polar surface area (TPSA) is 21.1 Å². The molecule has 1 aliphatic rings. The van der Waals surface area contributed by atoms with Gasteiger partial charge in [-0.3, -0.25) is 4.90 Å². The molecule has 0 atom stereocenters. The number of nitrogens with zero attached hydrogens (tertiary/aromatic N) is 3. The number of hydrogen-bond acceptors (Lipinski definition) is 2. The van der Waals surface area contributed by atoms with Gasteiger partial charge in [0.15, 0.2) is 0 Å². The lowest BCUT2D eigenvalue weighted by Crippen LogP contribution is -2.32. The third-order valence-electron chi connectivity index (χ3n) is 4.09. The molecule has 3 heteroatoms. The number of imidazole rings is 1. The maximum atomic E-state index is 4.46. The zero-order valence-electron chi connectivity index (χ0n) is 11.4. The Morgan fingerprint density at radius 2 is 1.75 bits per heavy atom. The van der Waals surface area contributed by atoms with Crippen LogP contribution in [0, 0.1) is 0 Å². The van der Waals surface area contributed by atoms with Gasteiger partial charge in [0.1, 0.15) is 0 Å². The van der Waals surface area contributed by atoms with E-state index in [1.807, 2.05) is 12.4 Å². The molecule has 3 aromatic rings. The van der Waals surface area contributed by atoms with E-state index in [2.05, 4.69) is 56.9 Å². The van der Waals surface area contributed by atoms with Gasteiger partial charge in [-0.25, -0.2) is 4.98 Å². The van der Waals surface area contributed by atoms with Crippen molar-refractivity contribution in [2.45, 2.75) is 19.6 Å². The standard InChI is InChI=1S/C17H17N3/c1-2-6-15-11-19(10-9-14(15)5-1)13-20-12-18-16-7-3-4-8-17(16)20/h1-8,12H,9-11,13H2. The molecule has 0 unspecified atom stereocenters. The Bertz CT molecular complexity index is 745. The Kier molecular flexibility index (Phi) is 2.78. The molecule has 0 radical (unpaired) electrons.